The van der Waals surface area contributed by atoms with Crippen LogP contribution in [-0.2, 0) is 9.53 Å². The van der Waals surface area contributed by atoms with E-state index < -0.39 is 0 Å². The van der Waals surface area contributed by atoms with Crippen LogP contribution in [0.4, 0.5) is 0 Å². The van der Waals surface area contributed by atoms with Crippen LogP contribution in [0.2, 0.25) is 0 Å². The van der Waals surface area contributed by atoms with Crippen LogP contribution in [0.25, 0.3) is 0 Å². The van der Waals surface area contributed by atoms with Crippen LogP contribution < -0.4 is 0 Å². The summed E-state index contributed by atoms with van der Waals surface area (Å²) < 4.78 is 4.57. The summed E-state index contributed by atoms with van der Waals surface area (Å²) >= 11 is 0. The molecule has 0 saturated carbocycles. The maximum Gasteiger partial charge on any atom is 0.305 e. The van der Waals surface area contributed by atoms with Crippen molar-refractivity contribution in [2.24, 2.45) is 0 Å². The molecule has 0 fully saturated rings. The predicted octanol–water partition coefficient (Wildman–Crippen LogP) is 1.03. The molecular weight excluding hydrogens is 194 g/mol. The molecule has 0 aliphatic heterocycles. The van der Waals surface area contributed by atoms with Gasteiger partial charge in [0.2, 0.25) is 0 Å². The molecule has 0 rings (SSSR count). The largest absolute Gasteiger partial charge is 0.469 e. The second kappa shape index (κ2) is 9.93. The van der Waals surface area contributed by atoms with Gasteiger partial charge in [-0.05, 0) is 25.9 Å². The maximum absolute atomic E-state index is 10.9. The Morgan fingerprint density at radius 1 is 1.27 bits per heavy atom. The molecule has 0 spiro atoms. The molecule has 0 aliphatic rings. The highest BCUT2D eigenvalue weighted by molar-refractivity contribution is 5.69. The van der Waals surface area contributed by atoms with Gasteiger partial charge in [0.1, 0.15) is 0 Å². The van der Waals surface area contributed by atoms with E-state index in [1.165, 1.54) is 7.11 Å². The Morgan fingerprint density at radius 3 is 2.47 bits per heavy atom. The molecule has 0 bridgehead atoms. The minimum absolute atomic E-state index is 0.158. The lowest BCUT2D eigenvalue weighted by Crippen LogP contribution is -2.29. The first-order valence-electron chi connectivity index (χ1n) is 5.64. The van der Waals surface area contributed by atoms with E-state index in [9.17, 15) is 4.79 Å². The number of hydrogen-bond donors (Lipinski definition) is 1. The second-order valence-corrected chi connectivity index (χ2v) is 3.60. The fraction of sp³-hybridized carbons (Fsp3) is 0.909. The zero-order chi connectivity index (χ0) is 11.5. The first kappa shape index (κ1) is 14.4. The van der Waals surface area contributed by atoms with Crippen molar-refractivity contribution in [1.29, 1.82) is 0 Å². The molecule has 0 amide bonds. The topological polar surface area (TPSA) is 49.8 Å². The summed E-state index contributed by atoms with van der Waals surface area (Å²) in [5, 5.41) is 8.86. The Balaban J connectivity index is 3.60. The van der Waals surface area contributed by atoms with E-state index in [2.05, 4.69) is 16.6 Å². The van der Waals surface area contributed by atoms with Gasteiger partial charge < -0.3 is 14.7 Å². The zero-order valence-electron chi connectivity index (χ0n) is 9.87. The van der Waals surface area contributed by atoms with Crippen molar-refractivity contribution < 1.29 is 14.6 Å². The van der Waals surface area contributed by atoms with Gasteiger partial charge in [0.05, 0.1) is 13.7 Å². The quantitative estimate of drug-likeness (QED) is 0.586. The summed E-state index contributed by atoms with van der Waals surface area (Å²) in [6, 6.07) is 0. The predicted molar refractivity (Wildman–Crippen MR) is 59.7 cm³/mol. The Kier molecular flexibility index (Phi) is 9.52. The van der Waals surface area contributed by atoms with E-state index in [4.69, 9.17) is 5.11 Å². The van der Waals surface area contributed by atoms with E-state index in [0.717, 1.165) is 32.4 Å². The van der Waals surface area contributed by atoms with Gasteiger partial charge in [0.15, 0.2) is 0 Å². The van der Waals surface area contributed by atoms with Gasteiger partial charge in [-0.3, -0.25) is 4.79 Å². The molecule has 0 aliphatic carbocycles. The number of aliphatic hydroxyl groups is 1. The normalized spacial score (nSPS) is 10.7. The van der Waals surface area contributed by atoms with Crippen LogP contribution in [-0.4, -0.2) is 49.3 Å². The Hall–Kier alpha value is -0.610. The molecule has 0 atom stereocenters. The summed E-state index contributed by atoms with van der Waals surface area (Å²) in [7, 11) is 1.41. The monoisotopic (exact) mass is 217 g/mol. The van der Waals surface area contributed by atoms with Crippen LogP contribution >= 0.6 is 0 Å². The second-order valence-electron chi connectivity index (χ2n) is 3.60. The number of aliphatic hydroxyl groups excluding tert-OH is 1. The van der Waals surface area contributed by atoms with Crippen molar-refractivity contribution >= 4 is 5.97 Å². The molecule has 0 saturated heterocycles. The van der Waals surface area contributed by atoms with Crippen LogP contribution in [0.1, 0.15) is 32.6 Å². The van der Waals surface area contributed by atoms with Gasteiger partial charge >= 0.3 is 5.97 Å². The lowest BCUT2D eigenvalue weighted by Gasteiger charge is -2.20. The molecule has 0 radical (unpaired) electrons. The molecule has 4 nitrogen and oxygen atoms in total. The van der Waals surface area contributed by atoms with Crippen molar-refractivity contribution in [3.05, 3.63) is 0 Å². The van der Waals surface area contributed by atoms with Crippen molar-refractivity contribution in [3.8, 4) is 0 Å². The van der Waals surface area contributed by atoms with E-state index in [1.54, 1.807) is 0 Å². The minimum Gasteiger partial charge on any atom is -0.469 e. The fourth-order valence-electron chi connectivity index (χ4n) is 1.41. The van der Waals surface area contributed by atoms with Gasteiger partial charge in [0.25, 0.3) is 0 Å². The van der Waals surface area contributed by atoms with Crippen molar-refractivity contribution in [2.75, 3.05) is 33.4 Å². The number of unbranched alkanes of at least 4 members (excludes halogenated alkanes) is 1. The third kappa shape index (κ3) is 8.39. The van der Waals surface area contributed by atoms with Gasteiger partial charge in [-0.25, -0.2) is 0 Å². The number of rotatable bonds is 9. The molecule has 90 valence electrons. The molecule has 0 heterocycles. The van der Waals surface area contributed by atoms with Gasteiger partial charge in [-0.2, -0.15) is 0 Å². The average molecular weight is 217 g/mol. The van der Waals surface area contributed by atoms with Gasteiger partial charge in [0, 0.05) is 13.0 Å². The number of ether oxygens (including phenoxy) is 1. The Labute approximate surface area is 92.2 Å². The number of carbonyl (C=O) groups excluding carboxylic acids is 1. The van der Waals surface area contributed by atoms with E-state index in [1.807, 2.05) is 0 Å². The smallest absolute Gasteiger partial charge is 0.305 e. The molecule has 0 aromatic heterocycles. The van der Waals surface area contributed by atoms with Crippen molar-refractivity contribution in [3.63, 3.8) is 0 Å². The first-order valence-corrected chi connectivity index (χ1v) is 5.64. The lowest BCUT2D eigenvalue weighted by molar-refractivity contribution is -0.140. The third-order valence-electron chi connectivity index (χ3n) is 2.33. The average Bonchev–Trinajstić information content (AvgIpc) is 2.25. The summed E-state index contributed by atoms with van der Waals surface area (Å²) in [6.45, 7) is 4.88. The fourth-order valence-corrected chi connectivity index (χ4v) is 1.41. The molecule has 4 heteroatoms. The van der Waals surface area contributed by atoms with Crippen LogP contribution in [0, 0.1) is 0 Å². The van der Waals surface area contributed by atoms with Crippen LogP contribution in [0.3, 0.4) is 0 Å². The highest BCUT2D eigenvalue weighted by Crippen LogP contribution is 1.99. The summed E-state index contributed by atoms with van der Waals surface area (Å²) in [4.78, 5) is 13.1. The van der Waals surface area contributed by atoms with E-state index >= 15 is 0 Å². The summed E-state index contributed by atoms with van der Waals surface area (Å²) in [5.41, 5.74) is 0. The number of methoxy groups -OCH3 is 1. The number of hydrogen-bond acceptors (Lipinski definition) is 4. The third-order valence-corrected chi connectivity index (χ3v) is 2.33. The first-order chi connectivity index (χ1) is 7.24. The van der Waals surface area contributed by atoms with E-state index in [-0.39, 0.29) is 12.6 Å². The molecule has 0 unspecified atom stereocenters. The standard InChI is InChI=1S/C11H23NO3/c1-3-4-7-12(9-10-13)8-5-6-11(14)15-2/h13H,3-10H2,1-2H3. The lowest BCUT2D eigenvalue weighted by atomic mass is 10.2. The van der Waals surface area contributed by atoms with Crippen molar-refractivity contribution in [2.45, 2.75) is 32.6 Å². The number of esters is 1. The summed E-state index contributed by atoms with van der Waals surface area (Å²) in [6.07, 6.45) is 3.55. The SMILES string of the molecule is CCCCN(CCO)CCCC(=O)OC. The minimum atomic E-state index is -0.158. The highest BCUT2D eigenvalue weighted by atomic mass is 16.5. The van der Waals surface area contributed by atoms with Crippen LogP contribution in [0.15, 0.2) is 0 Å². The molecule has 1 N–H and O–H groups in total. The van der Waals surface area contributed by atoms with Gasteiger partial charge in [-0.15, -0.1) is 0 Å². The van der Waals surface area contributed by atoms with Crippen molar-refractivity contribution in [1.82, 2.24) is 4.90 Å². The molecule has 0 aromatic rings. The Bertz CT molecular complexity index is 162. The number of carbonyl (C=O) groups is 1. The van der Waals surface area contributed by atoms with Gasteiger partial charge in [-0.1, -0.05) is 13.3 Å². The Morgan fingerprint density at radius 2 is 1.93 bits per heavy atom. The summed E-state index contributed by atoms with van der Waals surface area (Å²) in [5.74, 6) is -0.158. The number of nitrogens with zero attached hydrogens (tertiary/aromatic N) is 1. The maximum atomic E-state index is 10.9. The van der Waals surface area contributed by atoms with Crippen LogP contribution in [0.5, 0.6) is 0 Å². The molecule has 0 aromatic carbocycles. The van der Waals surface area contributed by atoms with E-state index in [0.29, 0.717) is 13.0 Å². The molecule has 15 heavy (non-hydrogen) atoms. The zero-order valence-corrected chi connectivity index (χ0v) is 9.87. The highest BCUT2D eigenvalue weighted by Gasteiger charge is 2.05. The molecular formula is C11H23NO3.